The van der Waals surface area contributed by atoms with Gasteiger partial charge < -0.3 is 19.9 Å². The molecular formula is C24H24ClNO4. The quantitative estimate of drug-likeness (QED) is 0.473. The van der Waals surface area contributed by atoms with E-state index in [1.807, 2.05) is 49.4 Å². The molecule has 0 aliphatic rings. The van der Waals surface area contributed by atoms with Crippen molar-refractivity contribution in [1.29, 1.82) is 0 Å². The van der Waals surface area contributed by atoms with Gasteiger partial charge in [0.2, 0.25) is 0 Å². The van der Waals surface area contributed by atoms with Gasteiger partial charge in [-0.05, 0) is 60.4 Å². The number of carbonyl (C=O) groups is 1. The van der Waals surface area contributed by atoms with E-state index in [9.17, 15) is 9.90 Å². The molecule has 3 aromatic carbocycles. The van der Waals surface area contributed by atoms with Crippen molar-refractivity contribution in [2.75, 3.05) is 12.4 Å². The fraction of sp³-hybridized carbons (Fsp3) is 0.208. The van der Waals surface area contributed by atoms with Crippen LogP contribution in [0, 0.1) is 13.8 Å². The zero-order valence-electron chi connectivity index (χ0n) is 17.2. The lowest BCUT2D eigenvalue weighted by molar-refractivity contribution is 0.0696. The summed E-state index contributed by atoms with van der Waals surface area (Å²) in [5, 5.41) is 13.0. The van der Waals surface area contributed by atoms with Crippen molar-refractivity contribution in [2.24, 2.45) is 0 Å². The molecule has 156 valence electrons. The highest BCUT2D eigenvalue weighted by Crippen LogP contribution is 2.37. The van der Waals surface area contributed by atoms with Crippen molar-refractivity contribution in [3.63, 3.8) is 0 Å². The zero-order valence-corrected chi connectivity index (χ0v) is 17.9. The average Bonchev–Trinajstić information content (AvgIpc) is 2.72. The number of hydrogen-bond acceptors (Lipinski definition) is 4. The second-order valence-electron chi connectivity index (χ2n) is 6.96. The van der Waals surface area contributed by atoms with Gasteiger partial charge in [-0.15, -0.1) is 0 Å². The molecule has 0 fully saturated rings. The number of benzene rings is 3. The maximum atomic E-state index is 11.3. The molecule has 0 aliphatic carbocycles. The van der Waals surface area contributed by atoms with Gasteiger partial charge >= 0.3 is 5.97 Å². The van der Waals surface area contributed by atoms with Gasteiger partial charge in [0.15, 0.2) is 11.5 Å². The Morgan fingerprint density at radius 1 is 1.10 bits per heavy atom. The van der Waals surface area contributed by atoms with Crippen molar-refractivity contribution in [3.8, 4) is 11.5 Å². The van der Waals surface area contributed by atoms with Crippen LogP contribution in [0.25, 0.3) is 0 Å². The Hall–Kier alpha value is -3.18. The number of rotatable bonds is 8. The van der Waals surface area contributed by atoms with Crippen LogP contribution >= 0.6 is 11.6 Å². The average molecular weight is 426 g/mol. The molecule has 0 heterocycles. The number of nitrogens with one attached hydrogen (secondary N) is 1. The van der Waals surface area contributed by atoms with Crippen molar-refractivity contribution >= 4 is 23.3 Å². The largest absolute Gasteiger partial charge is 0.493 e. The van der Waals surface area contributed by atoms with Gasteiger partial charge in [-0.3, -0.25) is 0 Å². The minimum Gasteiger partial charge on any atom is -0.493 e. The predicted molar refractivity (Wildman–Crippen MR) is 119 cm³/mol. The number of carboxylic acids is 1. The number of ether oxygens (including phenoxy) is 2. The second kappa shape index (κ2) is 9.55. The monoisotopic (exact) mass is 425 g/mol. The lowest BCUT2D eigenvalue weighted by Gasteiger charge is -2.16. The first-order valence-corrected chi connectivity index (χ1v) is 9.89. The van der Waals surface area contributed by atoms with E-state index < -0.39 is 5.97 Å². The summed E-state index contributed by atoms with van der Waals surface area (Å²) < 4.78 is 11.5. The molecule has 0 amide bonds. The van der Waals surface area contributed by atoms with Gasteiger partial charge in [0.25, 0.3) is 0 Å². The van der Waals surface area contributed by atoms with Crippen LogP contribution in [0.2, 0.25) is 5.02 Å². The predicted octanol–water partition coefficient (Wildman–Crippen LogP) is 5.85. The van der Waals surface area contributed by atoms with Crippen LogP contribution in [0.3, 0.4) is 0 Å². The lowest BCUT2D eigenvalue weighted by atomic mass is 10.1. The minimum absolute atomic E-state index is 0.274. The Bertz CT molecular complexity index is 1070. The highest BCUT2D eigenvalue weighted by molar-refractivity contribution is 6.32. The van der Waals surface area contributed by atoms with E-state index in [1.54, 1.807) is 26.2 Å². The third kappa shape index (κ3) is 4.86. The highest BCUT2D eigenvalue weighted by Gasteiger charge is 2.14. The van der Waals surface area contributed by atoms with Gasteiger partial charge in [0.05, 0.1) is 17.7 Å². The zero-order chi connectivity index (χ0) is 21.7. The fourth-order valence-corrected chi connectivity index (χ4v) is 3.48. The Morgan fingerprint density at radius 2 is 1.87 bits per heavy atom. The van der Waals surface area contributed by atoms with Crippen LogP contribution in [-0.4, -0.2) is 18.2 Å². The SMILES string of the molecule is COc1cc(CNc2cccc(C(=O)O)c2C)cc(Cl)c1OCc1ccccc1C. The number of halogens is 1. The van der Waals surface area contributed by atoms with E-state index in [1.165, 1.54) is 0 Å². The summed E-state index contributed by atoms with van der Waals surface area (Å²) in [6.07, 6.45) is 0. The molecule has 0 atom stereocenters. The molecule has 0 radical (unpaired) electrons. The third-order valence-electron chi connectivity index (χ3n) is 4.97. The van der Waals surface area contributed by atoms with Gasteiger partial charge in [-0.25, -0.2) is 4.79 Å². The molecule has 0 saturated carbocycles. The van der Waals surface area contributed by atoms with Gasteiger partial charge in [0.1, 0.15) is 6.61 Å². The van der Waals surface area contributed by atoms with E-state index in [-0.39, 0.29) is 5.56 Å². The van der Waals surface area contributed by atoms with E-state index >= 15 is 0 Å². The van der Waals surface area contributed by atoms with Crippen LogP contribution in [0.15, 0.2) is 54.6 Å². The summed E-state index contributed by atoms with van der Waals surface area (Å²) in [5.41, 5.74) is 4.82. The molecule has 30 heavy (non-hydrogen) atoms. The molecule has 0 spiro atoms. The van der Waals surface area contributed by atoms with Crippen LogP contribution in [0.5, 0.6) is 11.5 Å². The number of hydrogen-bond donors (Lipinski definition) is 2. The molecule has 3 aromatic rings. The fourth-order valence-electron chi connectivity index (χ4n) is 3.19. The first-order chi connectivity index (χ1) is 14.4. The number of methoxy groups -OCH3 is 1. The summed E-state index contributed by atoms with van der Waals surface area (Å²) >= 11 is 6.49. The molecule has 0 saturated heterocycles. The number of aryl methyl sites for hydroxylation is 1. The van der Waals surface area contributed by atoms with Gasteiger partial charge in [0, 0.05) is 12.2 Å². The summed E-state index contributed by atoms with van der Waals surface area (Å²) in [6.45, 7) is 4.66. The van der Waals surface area contributed by atoms with Crippen molar-refractivity contribution < 1.29 is 19.4 Å². The Morgan fingerprint density at radius 3 is 2.57 bits per heavy atom. The maximum absolute atomic E-state index is 11.3. The Labute approximate surface area is 181 Å². The van der Waals surface area contributed by atoms with Crippen LogP contribution < -0.4 is 14.8 Å². The smallest absolute Gasteiger partial charge is 0.336 e. The number of carboxylic acid groups (broad SMARTS) is 1. The van der Waals surface area contributed by atoms with E-state index in [0.717, 1.165) is 22.4 Å². The maximum Gasteiger partial charge on any atom is 0.336 e. The molecule has 5 nitrogen and oxygen atoms in total. The Balaban J connectivity index is 1.76. The highest BCUT2D eigenvalue weighted by atomic mass is 35.5. The minimum atomic E-state index is -0.948. The molecule has 0 bridgehead atoms. The van der Waals surface area contributed by atoms with Crippen molar-refractivity contribution in [2.45, 2.75) is 27.0 Å². The third-order valence-corrected chi connectivity index (χ3v) is 5.25. The Kier molecular flexibility index (Phi) is 6.85. The van der Waals surface area contributed by atoms with E-state index in [4.69, 9.17) is 21.1 Å². The molecule has 3 rings (SSSR count). The van der Waals surface area contributed by atoms with Crippen LogP contribution in [-0.2, 0) is 13.2 Å². The normalized spacial score (nSPS) is 10.5. The van der Waals surface area contributed by atoms with Crippen molar-refractivity contribution in [3.05, 3.63) is 87.4 Å². The lowest BCUT2D eigenvalue weighted by Crippen LogP contribution is -2.06. The molecule has 0 unspecified atom stereocenters. The molecule has 0 aliphatic heterocycles. The first kappa shape index (κ1) is 21.5. The summed E-state index contributed by atoms with van der Waals surface area (Å²) in [4.78, 5) is 11.3. The van der Waals surface area contributed by atoms with E-state index in [0.29, 0.717) is 35.2 Å². The molecule has 0 aromatic heterocycles. The standard InChI is InChI=1S/C24H24ClNO4/c1-15-7-4-5-8-18(15)14-30-23-20(25)11-17(12-22(23)29-3)13-26-21-10-6-9-19(16(21)2)24(27)28/h4-12,26H,13-14H2,1-3H3,(H,27,28). The molecule has 2 N–H and O–H groups in total. The van der Waals surface area contributed by atoms with Crippen LogP contribution in [0.1, 0.15) is 32.6 Å². The first-order valence-electron chi connectivity index (χ1n) is 9.51. The summed E-state index contributed by atoms with van der Waals surface area (Å²) in [6, 6.07) is 16.8. The number of aromatic carboxylic acids is 1. The topological polar surface area (TPSA) is 67.8 Å². The number of anilines is 1. The van der Waals surface area contributed by atoms with Crippen molar-refractivity contribution in [1.82, 2.24) is 0 Å². The van der Waals surface area contributed by atoms with E-state index in [2.05, 4.69) is 5.32 Å². The van der Waals surface area contributed by atoms with Gasteiger partial charge in [-0.2, -0.15) is 0 Å². The second-order valence-corrected chi connectivity index (χ2v) is 7.37. The van der Waals surface area contributed by atoms with Crippen LogP contribution in [0.4, 0.5) is 5.69 Å². The summed E-state index contributed by atoms with van der Waals surface area (Å²) in [5.74, 6) is 0.0927. The molecular weight excluding hydrogens is 402 g/mol. The van der Waals surface area contributed by atoms with Gasteiger partial charge in [-0.1, -0.05) is 41.9 Å². The summed E-state index contributed by atoms with van der Waals surface area (Å²) in [7, 11) is 1.57. The molecule has 6 heteroatoms.